The van der Waals surface area contributed by atoms with Crippen LogP contribution in [0.2, 0.25) is 0 Å². The highest BCUT2D eigenvalue weighted by Gasteiger charge is 2.17. The third-order valence-electron chi connectivity index (χ3n) is 5.69. The molecule has 35 heavy (non-hydrogen) atoms. The number of carbonyl (C=O) groups is 1. The van der Waals surface area contributed by atoms with Gasteiger partial charge in [0.1, 0.15) is 0 Å². The Morgan fingerprint density at radius 3 is 2.54 bits per heavy atom. The maximum absolute atomic E-state index is 12.9. The van der Waals surface area contributed by atoms with E-state index in [1.165, 1.54) is 12.3 Å². The van der Waals surface area contributed by atoms with Crippen LogP contribution in [0.3, 0.4) is 0 Å². The molecule has 0 saturated heterocycles. The second-order valence-electron chi connectivity index (χ2n) is 8.09. The minimum absolute atomic E-state index is 0.0160. The third-order valence-corrected chi connectivity index (χ3v) is 6.03. The van der Waals surface area contributed by atoms with Crippen molar-refractivity contribution in [2.24, 2.45) is 7.05 Å². The predicted octanol–water partition coefficient (Wildman–Crippen LogP) is 5.32. The van der Waals surface area contributed by atoms with Crippen LogP contribution < -0.4 is 10.2 Å². The highest BCUT2D eigenvalue weighted by atomic mass is 35.5. The Morgan fingerprint density at radius 2 is 1.91 bits per heavy atom. The van der Waals surface area contributed by atoms with Gasteiger partial charge in [-0.1, -0.05) is 0 Å². The number of aromatic nitrogens is 3. The van der Waals surface area contributed by atoms with Gasteiger partial charge >= 0.3 is 0 Å². The number of nitro groups is 1. The standard InChI is InChI=1S/C24H24Cl2N6O3/c1-15-11-17(4-6-21(15)31(9-7-25)10-8-26)27-24(33)16-3-5-19-20(12-16)29-23(28-19)22-13-18(32(34)35)14-30(22)2/h3-6,11-14H,7-10H2,1-2H3,(H,27,33)(H,28,29). The van der Waals surface area contributed by atoms with Crippen LogP contribution in [0, 0.1) is 17.0 Å². The molecule has 0 bridgehead atoms. The molecule has 0 fully saturated rings. The van der Waals surface area contributed by atoms with E-state index in [4.69, 9.17) is 23.2 Å². The van der Waals surface area contributed by atoms with Crippen LogP contribution >= 0.6 is 23.2 Å². The number of H-pyrrole nitrogens is 1. The van der Waals surface area contributed by atoms with Crippen LogP contribution in [0.1, 0.15) is 15.9 Å². The zero-order valence-corrected chi connectivity index (χ0v) is 20.7. The molecule has 0 unspecified atom stereocenters. The lowest BCUT2D eigenvalue weighted by atomic mass is 10.1. The van der Waals surface area contributed by atoms with Crippen molar-refractivity contribution >= 4 is 57.2 Å². The Kier molecular flexibility index (Phi) is 7.28. The SMILES string of the molecule is Cc1cc(NC(=O)c2ccc3[nH]c(-c4cc([N+](=O)[O-])cn4C)nc3c2)ccc1N(CCCl)CCCl. The van der Waals surface area contributed by atoms with E-state index in [0.29, 0.717) is 53.1 Å². The topological polar surface area (TPSA) is 109 Å². The average Bonchev–Trinajstić information content (AvgIpc) is 3.42. The average molecular weight is 515 g/mol. The Balaban J connectivity index is 1.54. The minimum Gasteiger partial charge on any atom is -0.369 e. The molecule has 9 nitrogen and oxygen atoms in total. The highest BCUT2D eigenvalue weighted by Crippen LogP contribution is 2.27. The van der Waals surface area contributed by atoms with Crippen molar-refractivity contribution in [2.75, 3.05) is 35.1 Å². The first-order valence-corrected chi connectivity index (χ1v) is 12.0. The van der Waals surface area contributed by atoms with E-state index in [-0.39, 0.29) is 11.6 Å². The summed E-state index contributed by atoms with van der Waals surface area (Å²) in [5.41, 5.74) is 5.01. The molecule has 0 saturated carbocycles. The fourth-order valence-corrected chi connectivity index (χ4v) is 4.41. The van der Waals surface area contributed by atoms with Crippen molar-refractivity contribution in [3.8, 4) is 11.5 Å². The van der Waals surface area contributed by atoms with E-state index in [2.05, 4.69) is 20.2 Å². The van der Waals surface area contributed by atoms with Crippen molar-refractivity contribution in [1.82, 2.24) is 14.5 Å². The molecule has 182 valence electrons. The van der Waals surface area contributed by atoms with Crippen LogP contribution in [0.25, 0.3) is 22.6 Å². The number of nitrogens with one attached hydrogen (secondary N) is 2. The fraction of sp³-hybridized carbons (Fsp3) is 0.250. The van der Waals surface area contributed by atoms with Crippen LogP contribution in [-0.4, -0.2) is 50.2 Å². The van der Waals surface area contributed by atoms with Gasteiger partial charge in [-0.2, -0.15) is 0 Å². The Bertz CT molecular complexity index is 1390. The number of hydrogen-bond acceptors (Lipinski definition) is 5. The summed E-state index contributed by atoms with van der Waals surface area (Å²) in [7, 11) is 1.71. The van der Waals surface area contributed by atoms with E-state index in [9.17, 15) is 14.9 Å². The molecule has 0 atom stereocenters. The number of benzene rings is 2. The quantitative estimate of drug-likeness (QED) is 0.178. The monoisotopic (exact) mass is 514 g/mol. The molecule has 1 amide bonds. The Hall–Kier alpha value is -3.56. The number of alkyl halides is 2. The zero-order valence-electron chi connectivity index (χ0n) is 19.2. The molecule has 0 spiro atoms. The predicted molar refractivity (Wildman–Crippen MR) is 140 cm³/mol. The van der Waals surface area contributed by atoms with Crippen molar-refractivity contribution in [3.63, 3.8) is 0 Å². The van der Waals surface area contributed by atoms with Gasteiger partial charge in [-0.3, -0.25) is 14.9 Å². The number of fused-ring (bicyclic) bond motifs is 1. The van der Waals surface area contributed by atoms with Crippen molar-refractivity contribution < 1.29 is 9.72 Å². The smallest absolute Gasteiger partial charge is 0.287 e. The molecule has 0 radical (unpaired) electrons. The number of halogens is 2. The molecule has 2 aromatic heterocycles. The van der Waals surface area contributed by atoms with Gasteiger partial charge < -0.3 is 19.8 Å². The molecule has 2 heterocycles. The van der Waals surface area contributed by atoms with Gasteiger partial charge in [0.05, 0.1) is 27.8 Å². The molecular formula is C24H24Cl2N6O3. The first kappa shape index (κ1) is 24.6. The molecule has 2 aromatic carbocycles. The van der Waals surface area contributed by atoms with Crippen molar-refractivity contribution in [1.29, 1.82) is 0 Å². The van der Waals surface area contributed by atoms with Gasteiger partial charge in [0, 0.05) is 54.9 Å². The zero-order chi connectivity index (χ0) is 25.1. The normalized spacial score (nSPS) is 11.1. The maximum atomic E-state index is 12.9. The maximum Gasteiger partial charge on any atom is 0.287 e. The molecule has 2 N–H and O–H groups in total. The van der Waals surface area contributed by atoms with E-state index >= 15 is 0 Å². The van der Waals surface area contributed by atoms with Crippen molar-refractivity contribution in [3.05, 3.63) is 69.9 Å². The number of rotatable bonds is 9. The van der Waals surface area contributed by atoms with Gasteiger partial charge in [-0.25, -0.2) is 4.98 Å². The lowest BCUT2D eigenvalue weighted by molar-refractivity contribution is -0.384. The number of hydrogen-bond donors (Lipinski definition) is 2. The summed E-state index contributed by atoms with van der Waals surface area (Å²) in [5.74, 6) is 1.20. The second-order valence-corrected chi connectivity index (χ2v) is 8.85. The van der Waals surface area contributed by atoms with Crippen LogP contribution in [0.15, 0.2) is 48.7 Å². The molecule has 0 aliphatic carbocycles. The number of aromatic amines is 1. The van der Waals surface area contributed by atoms with E-state index < -0.39 is 4.92 Å². The lowest BCUT2D eigenvalue weighted by Crippen LogP contribution is -2.28. The summed E-state index contributed by atoms with van der Waals surface area (Å²) >= 11 is 11.8. The number of amides is 1. The second kappa shape index (κ2) is 10.4. The molecule has 4 rings (SSSR count). The van der Waals surface area contributed by atoms with Crippen LogP contribution in [-0.2, 0) is 7.05 Å². The number of nitrogens with zero attached hydrogens (tertiary/aromatic N) is 4. The van der Waals surface area contributed by atoms with Crippen LogP contribution in [0.4, 0.5) is 17.1 Å². The summed E-state index contributed by atoms with van der Waals surface area (Å²) in [4.78, 5) is 33.4. The van der Waals surface area contributed by atoms with Gasteiger partial charge in [0.15, 0.2) is 5.82 Å². The first-order valence-electron chi connectivity index (χ1n) is 10.9. The minimum atomic E-state index is -0.448. The molecule has 0 aliphatic rings. The van der Waals surface area contributed by atoms with E-state index in [1.807, 2.05) is 25.1 Å². The molecular weight excluding hydrogens is 491 g/mol. The number of carbonyl (C=O) groups excluding carboxylic acids is 1. The van der Waals surface area contributed by atoms with Crippen molar-refractivity contribution in [2.45, 2.75) is 6.92 Å². The largest absolute Gasteiger partial charge is 0.369 e. The summed E-state index contributed by atoms with van der Waals surface area (Å²) in [6.45, 7) is 3.34. The first-order chi connectivity index (χ1) is 16.8. The van der Waals surface area contributed by atoms with Gasteiger partial charge in [-0.15, -0.1) is 23.2 Å². The summed E-state index contributed by atoms with van der Waals surface area (Å²) in [6, 6.07) is 12.3. The highest BCUT2D eigenvalue weighted by molar-refractivity contribution is 6.18. The summed E-state index contributed by atoms with van der Waals surface area (Å²) < 4.78 is 1.64. The molecule has 0 aliphatic heterocycles. The summed E-state index contributed by atoms with van der Waals surface area (Å²) in [6.07, 6.45) is 1.43. The van der Waals surface area contributed by atoms with Gasteiger partial charge in [0.2, 0.25) is 0 Å². The van der Waals surface area contributed by atoms with Gasteiger partial charge in [0.25, 0.3) is 11.6 Å². The number of anilines is 2. The Morgan fingerprint density at radius 1 is 1.17 bits per heavy atom. The molecule has 4 aromatic rings. The van der Waals surface area contributed by atoms with E-state index in [1.54, 1.807) is 29.8 Å². The van der Waals surface area contributed by atoms with Gasteiger partial charge in [-0.05, 0) is 48.9 Å². The fourth-order valence-electron chi connectivity index (χ4n) is 4.00. The number of aryl methyl sites for hydroxylation is 2. The van der Waals surface area contributed by atoms with Crippen LogP contribution in [0.5, 0.6) is 0 Å². The molecule has 11 heteroatoms. The Labute approximate surface area is 211 Å². The summed E-state index contributed by atoms with van der Waals surface area (Å²) in [5, 5.41) is 14.0. The third kappa shape index (κ3) is 5.26. The lowest BCUT2D eigenvalue weighted by Gasteiger charge is -2.25. The van der Waals surface area contributed by atoms with E-state index in [0.717, 1.165) is 16.8 Å². The number of imidazole rings is 1.